The summed E-state index contributed by atoms with van der Waals surface area (Å²) in [6.07, 6.45) is 2.00. The molecular weight excluding hydrogens is 347 g/mol. The quantitative estimate of drug-likeness (QED) is 0.595. The minimum absolute atomic E-state index is 0.0377. The van der Waals surface area contributed by atoms with Gasteiger partial charge in [0.2, 0.25) is 5.91 Å². The van der Waals surface area contributed by atoms with Crippen LogP contribution in [0.15, 0.2) is 65.7 Å². The van der Waals surface area contributed by atoms with E-state index in [1.165, 1.54) is 17.8 Å². The van der Waals surface area contributed by atoms with Gasteiger partial charge in [0.05, 0.1) is 16.3 Å². The third-order valence-corrected chi connectivity index (χ3v) is 5.44. The second-order valence-electron chi connectivity index (χ2n) is 6.48. The Morgan fingerprint density at radius 2 is 1.85 bits per heavy atom. The molecule has 3 nitrogen and oxygen atoms in total. The maximum absolute atomic E-state index is 13.9. The summed E-state index contributed by atoms with van der Waals surface area (Å²) in [7, 11) is 0. The van der Waals surface area contributed by atoms with Gasteiger partial charge in [0.25, 0.3) is 0 Å². The van der Waals surface area contributed by atoms with E-state index in [4.69, 9.17) is 0 Å². The number of hydrogen-bond acceptors (Lipinski definition) is 3. The highest BCUT2D eigenvalue weighted by atomic mass is 32.2. The number of thioether (sulfide) groups is 1. The van der Waals surface area contributed by atoms with Crippen LogP contribution >= 0.6 is 11.8 Å². The van der Waals surface area contributed by atoms with Gasteiger partial charge in [0, 0.05) is 23.5 Å². The Kier molecular flexibility index (Phi) is 4.89. The lowest BCUT2D eigenvalue weighted by Crippen LogP contribution is -2.34. The van der Waals surface area contributed by atoms with Gasteiger partial charge in [-0.15, -0.1) is 0 Å². The zero-order valence-corrected chi connectivity index (χ0v) is 15.1. The highest BCUT2D eigenvalue weighted by Gasteiger charge is 2.32. The zero-order chi connectivity index (χ0) is 17.9. The number of carbonyl (C=O) groups excluding carboxylic acids is 1. The first-order valence-corrected chi connectivity index (χ1v) is 9.71. The molecule has 0 bridgehead atoms. The summed E-state index contributed by atoms with van der Waals surface area (Å²) in [5, 5.41) is 1.92. The molecule has 1 heterocycles. The van der Waals surface area contributed by atoms with Crippen LogP contribution in [0.3, 0.4) is 0 Å². The fraction of sp³-hybridized carbons (Fsp3) is 0.238. The number of carbonyl (C=O) groups is 1. The SMILES string of the molecule is O=C(CSc1ccc2ccccc2n1)N(Cc1ccccc1F)C1CC1. The summed E-state index contributed by atoms with van der Waals surface area (Å²) in [5.41, 5.74) is 1.50. The Labute approximate surface area is 156 Å². The molecule has 2 aromatic carbocycles. The largest absolute Gasteiger partial charge is 0.335 e. The normalized spacial score (nSPS) is 13.7. The van der Waals surface area contributed by atoms with Gasteiger partial charge in [-0.1, -0.05) is 54.2 Å². The van der Waals surface area contributed by atoms with Crippen molar-refractivity contribution in [1.29, 1.82) is 0 Å². The van der Waals surface area contributed by atoms with E-state index in [0.717, 1.165) is 28.8 Å². The van der Waals surface area contributed by atoms with Crippen molar-refractivity contribution in [2.45, 2.75) is 30.5 Å². The molecular formula is C21H19FN2OS. The van der Waals surface area contributed by atoms with E-state index in [2.05, 4.69) is 4.98 Å². The minimum atomic E-state index is -0.255. The summed E-state index contributed by atoms with van der Waals surface area (Å²) in [6.45, 7) is 0.335. The van der Waals surface area contributed by atoms with Crippen LogP contribution < -0.4 is 0 Å². The van der Waals surface area contributed by atoms with Crippen molar-refractivity contribution in [2.24, 2.45) is 0 Å². The second-order valence-corrected chi connectivity index (χ2v) is 7.47. The van der Waals surface area contributed by atoms with E-state index < -0.39 is 0 Å². The van der Waals surface area contributed by atoms with Gasteiger partial charge < -0.3 is 4.90 Å². The van der Waals surface area contributed by atoms with Crippen molar-refractivity contribution in [3.05, 3.63) is 72.0 Å². The van der Waals surface area contributed by atoms with Gasteiger partial charge in [0.15, 0.2) is 0 Å². The number of fused-ring (bicyclic) bond motifs is 1. The topological polar surface area (TPSA) is 33.2 Å². The minimum Gasteiger partial charge on any atom is -0.335 e. The molecule has 0 spiro atoms. The number of aromatic nitrogens is 1. The molecule has 5 heteroatoms. The van der Waals surface area contributed by atoms with Crippen molar-refractivity contribution in [3.63, 3.8) is 0 Å². The molecule has 1 aliphatic rings. The van der Waals surface area contributed by atoms with Crippen LogP contribution in [0.4, 0.5) is 4.39 Å². The predicted octanol–water partition coefficient (Wildman–Crippen LogP) is 4.66. The molecule has 1 saturated carbocycles. The van der Waals surface area contributed by atoms with E-state index >= 15 is 0 Å². The van der Waals surface area contributed by atoms with Gasteiger partial charge in [-0.05, 0) is 31.0 Å². The fourth-order valence-corrected chi connectivity index (χ4v) is 3.73. The molecule has 1 aliphatic carbocycles. The molecule has 1 fully saturated rings. The molecule has 132 valence electrons. The lowest BCUT2D eigenvalue weighted by molar-refractivity contribution is -0.129. The van der Waals surface area contributed by atoms with Gasteiger partial charge in [0.1, 0.15) is 5.82 Å². The lowest BCUT2D eigenvalue weighted by Gasteiger charge is -2.22. The molecule has 0 unspecified atom stereocenters. The first-order valence-electron chi connectivity index (χ1n) is 8.72. The number of nitrogens with zero attached hydrogens (tertiary/aromatic N) is 2. The number of hydrogen-bond donors (Lipinski definition) is 0. The standard InChI is InChI=1S/C21H19FN2OS/c22-18-7-3-1-6-16(18)13-24(17-10-11-17)21(25)14-26-20-12-9-15-5-2-4-8-19(15)23-20/h1-9,12,17H,10-11,13-14H2. The first kappa shape index (κ1) is 17.0. The Hall–Kier alpha value is -2.40. The molecule has 26 heavy (non-hydrogen) atoms. The van der Waals surface area contributed by atoms with Gasteiger partial charge in [-0.2, -0.15) is 0 Å². The Morgan fingerprint density at radius 1 is 1.08 bits per heavy atom. The Balaban J connectivity index is 1.44. The monoisotopic (exact) mass is 366 g/mol. The van der Waals surface area contributed by atoms with Crippen LogP contribution in [0, 0.1) is 5.82 Å². The molecule has 1 amide bonds. The summed E-state index contributed by atoms with van der Waals surface area (Å²) < 4.78 is 13.9. The highest BCUT2D eigenvalue weighted by Crippen LogP contribution is 2.30. The number of pyridine rings is 1. The van der Waals surface area contributed by atoms with Crippen molar-refractivity contribution >= 4 is 28.6 Å². The first-order chi connectivity index (χ1) is 12.7. The molecule has 4 rings (SSSR count). The van der Waals surface area contributed by atoms with E-state index in [-0.39, 0.29) is 17.8 Å². The van der Waals surface area contributed by atoms with Crippen LogP contribution in [0.5, 0.6) is 0 Å². The van der Waals surface area contributed by atoms with Gasteiger partial charge >= 0.3 is 0 Å². The number of para-hydroxylation sites is 1. The molecule has 1 aromatic heterocycles. The number of rotatable bonds is 6. The Morgan fingerprint density at radius 3 is 2.65 bits per heavy atom. The van der Waals surface area contributed by atoms with Crippen LogP contribution in [0.2, 0.25) is 0 Å². The molecule has 0 atom stereocenters. The van der Waals surface area contributed by atoms with Crippen LogP contribution in [-0.4, -0.2) is 27.6 Å². The fourth-order valence-electron chi connectivity index (χ4n) is 2.96. The maximum Gasteiger partial charge on any atom is 0.233 e. The third-order valence-electron chi connectivity index (χ3n) is 4.52. The summed E-state index contributed by atoms with van der Waals surface area (Å²) in [6, 6.07) is 18.8. The molecule has 0 radical (unpaired) electrons. The van der Waals surface area contributed by atoms with Gasteiger partial charge in [-0.25, -0.2) is 9.37 Å². The molecule has 0 saturated heterocycles. The molecule has 0 aliphatic heterocycles. The average molecular weight is 366 g/mol. The van der Waals surface area contributed by atoms with Crippen molar-refractivity contribution in [1.82, 2.24) is 9.88 Å². The third kappa shape index (κ3) is 3.88. The van der Waals surface area contributed by atoms with E-state index in [1.807, 2.05) is 47.4 Å². The predicted molar refractivity (Wildman–Crippen MR) is 102 cm³/mol. The van der Waals surface area contributed by atoms with E-state index in [0.29, 0.717) is 17.9 Å². The van der Waals surface area contributed by atoms with Crippen molar-refractivity contribution in [2.75, 3.05) is 5.75 Å². The Bertz CT molecular complexity index is 942. The summed E-state index contributed by atoms with van der Waals surface area (Å²) in [4.78, 5) is 19.1. The van der Waals surface area contributed by atoms with Crippen molar-refractivity contribution in [3.8, 4) is 0 Å². The maximum atomic E-state index is 13.9. The van der Waals surface area contributed by atoms with E-state index in [1.54, 1.807) is 12.1 Å². The van der Waals surface area contributed by atoms with Gasteiger partial charge in [-0.3, -0.25) is 4.79 Å². The summed E-state index contributed by atoms with van der Waals surface area (Å²) in [5.74, 6) is 0.0986. The average Bonchev–Trinajstić information content (AvgIpc) is 3.50. The van der Waals surface area contributed by atoms with Crippen LogP contribution in [-0.2, 0) is 11.3 Å². The van der Waals surface area contributed by atoms with Crippen LogP contribution in [0.25, 0.3) is 10.9 Å². The second kappa shape index (κ2) is 7.46. The zero-order valence-electron chi connectivity index (χ0n) is 14.3. The number of halogens is 1. The number of benzene rings is 2. The lowest BCUT2D eigenvalue weighted by atomic mass is 10.2. The number of amides is 1. The molecule has 0 N–H and O–H groups in total. The summed E-state index contributed by atoms with van der Waals surface area (Å²) >= 11 is 1.44. The molecule has 3 aromatic rings. The van der Waals surface area contributed by atoms with Crippen molar-refractivity contribution < 1.29 is 9.18 Å². The van der Waals surface area contributed by atoms with E-state index in [9.17, 15) is 9.18 Å². The smallest absolute Gasteiger partial charge is 0.233 e. The highest BCUT2D eigenvalue weighted by molar-refractivity contribution is 7.99. The van der Waals surface area contributed by atoms with Crippen LogP contribution in [0.1, 0.15) is 18.4 Å².